The number of fused-ring (bicyclic) bond motifs is 1. The Morgan fingerprint density at radius 2 is 2.28 bits per heavy atom. The van der Waals surface area contributed by atoms with Crippen LogP contribution in [0, 0.1) is 0 Å². The molecule has 1 atom stereocenters. The number of hydrogen-bond acceptors (Lipinski definition) is 3. The number of hydrogen-bond donors (Lipinski definition) is 1. The Morgan fingerprint density at radius 3 is 3.06 bits per heavy atom. The lowest BCUT2D eigenvalue weighted by Crippen LogP contribution is -2.32. The van der Waals surface area contributed by atoms with Crippen LogP contribution in [0.2, 0.25) is 5.02 Å². The summed E-state index contributed by atoms with van der Waals surface area (Å²) in [5.41, 5.74) is 0.924. The van der Waals surface area contributed by atoms with Crippen LogP contribution in [0.3, 0.4) is 0 Å². The summed E-state index contributed by atoms with van der Waals surface area (Å²) in [5.74, 6) is 1.81. The van der Waals surface area contributed by atoms with E-state index in [0.717, 1.165) is 34.8 Å². The molecule has 18 heavy (non-hydrogen) atoms. The first kappa shape index (κ1) is 12.1. The van der Waals surface area contributed by atoms with Crippen molar-refractivity contribution >= 4 is 27.5 Å². The van der Waals surface area contributed by atoms with Gasteiger partial charge in [-0.05, 0) is 25.1 Å². The summed E-state index contributed by atoms with van der Waals surface area (Å²) in [6, 6.07) is 6.04. The van der Waals surface area contributed by atoms with Crippen LogP contribution in [0.15, 0.2) is 22.7 Å². The van der Waals surface area contributed by atoms with Crippen molar-refractivity contribution in [1.29, 1.82) is 0 Å². The molecule has 1 aromatic heterocycles. The molecule has 1 aliphatic rings. The Balaban J connectivity index is 2.12. The lowest BCUT2D eigenvalue weighted by molar-refractivity contribution is 0.439. The molecule has 94 valence electrons. The number of nitrogens with one attached hydrogen (secondary N) is 1. The Labute approximate surface area is 118 Å². The summed E-state index contributed by atoms with van der Waals surface area (Å²) in [6.45, 7) is 3.88. The predicted molar refractivity (Wildman–Crippen MR) is 74.6 cm³/mol. The zero-order valence-electron chi connectivity index (χ0n) is 9.82. The normalized spacial score (nSPS) is 18.7. The second-order valence-electron chi connectivity index (χ2n) is 4.33. The molecule has 6 heteroatoms. The van der Waals surface area contributed by atoms with E-state index in [1.165, 1.54) is 0 Å². The molecule has 0 fully saturated rings. The first-order chi connectivity index (χ1) is 8.66. The SMILES string of the molecule is CC1NCCn2c(-c3ccc(Br)cc3Cl)nnc21. The molecule has 0 bridgehead atoms. The topological polar surface area (TPSA) is 42.7 Å². The van der Waals surface area contributed by atoms with Crippen LogP contribution in [0.1, 0.15) is 18.8 Å². The van der Waals surface area contributed by atoms with Gasteiger partial charge in [0.05, 0.1) is 11.1 Å². The molecular formula is C12H12BrClN4. The summed E-state index contributed by atoms with van der Waals surface area (Å²) in [5, 5.41) is 12.6. The van der Waals surface area contributed by atoms with Gasteiger partial charge in [-0.1, -0.05) is 27.5 Å². The smallest absolute Gasteiger partial charge is 0.165 e. The van der Waals surface area contributed by atoms with Gasteiger partial charge in [-0.2, -0.15) is 0 Å². The van der Waals surface area contributed by atoms with Crippen molar-refractivity contribution in [2.45, 2.75) is 19.5 Å². The number of rotatable bonds is 1. The maximum Gasteiger partial charge on any atom is 0.165 e. The van der Waals surface area contributed by atoms with Crippen LogP contribution in [0.5, 0.6) is 0 Å². The molecule has 0 amide bonds. The predicted octanol–water partition coefficient (Wildman–Crippen LogP) is 3.03. The van der Waals surface area contributed by atoms with Crippen LogP contribution in [-0.2, 0) is 6.54 Å². The van der Waals surface area contributed by atoms with Crippen molar-refractivity contribution in [3.8, 4) is 11.4 Å². The van der Waals surface area contributed by atoms with E-state index in [1.807, 2.05) is 18.2 Å². The van der Waals surface area contributed by atoms with Gasteiger partial charge in [0.15, 0.2) is 5.82 Å². The highest BCUT2D eigenvalue weighted by Crippen LogP contribution is 2.31. The third kappa shape index (κ3) is 1.96. The Bertz CT molecular complexity index is 596. The average molecular weight is 328 g/mol. The van der Waals surface area contributed by atoms with Gasteiger partial charge in [-0.3, -0.25) is 0 Å². The van der Waals surface area contributed by atoms with E-state index in [1.54, 1.807) is 0 Å². The molecule has 0 saturated heterocycles. The third-order valence-electron chi connectivity index (χ3n) is 3.12. The molecule has 3 rings (SSSR count). The highest BCUT2D eigenvalue weighted by Gasteiger charge is 2.22. The van der Waals surface area contributed by atoms with Gasteiger partial charge in [0.25, 0.3) is 0 Å². The number of aromatic nitrogens is 3. The molecule has 1 N–H and O–H groups in total. The van der Waals surface area contributed by atoms with Crippen LogP contribution < -0.4 is 5.32 Å². The van der Waals surface area contributed by atoms with Gasteiger partial charge in [-0.25, -0.2) is 0 Å². The van der Waals surface area contributed by atoms with Crippen molar-refractivity contribution in [2.24, 2.45) is 0 Å². The van der Waals surface area contributed by atoms with Gasteiger partial charge in [0.2, 0.25) is 0 Å². The van der Waals surface area contributed by atoms with Crippen molar-refractivity contribution in [2.75, 3.05) is 6.54 Å². The summed E-state index contributed by atoms with van der Waals surface area (Å²) < 4.78 is 3.10. The Morgan fingerprint density at radius 1 is 1.44 bits per heavy atom. The number of halogens is 2. The Kier molecular flexibility index (Phi) is 3.13. The fraction of sp³-hybridized carbons (Fsp3) is 0.333. The van der Waals surface area contributed by atoms with E-state index in [0.29, 0.717) is 5.02 Å². The van der Waals surface area contributed by atoms with Crippen molar-refractivity contribution in [1.82, 2.24) is 20.1 Å². The summed E-state index contributed by atoms with van der Waals surface area (Å²) >= 11 is 9.68. The fourth-order valence-electron chi connectivity index (χ4n) is 2.21. The van der Waals surface area contributed by atoms with Crippen LogP contribution >= 0.6 is 27.5 Å². The average Bonchev–Trinajstić information content (AvgIpc) is 2.74. The van der Waals surface area contributed by atoms with Crippen molar-refractivity contribution < 1.29 is 0 Å². The van der Waals surface area contributed by atoms with Crippen molar-refractivity contribution in [3.05, 3.63) is 33.5 Å². The maximum atomic E-state index is 6.27. The van der Waals surface area contributed by atoms with Crippen LogP contribution in [-0.4, -0.2) is 21.3 Å². The molecule has 1 aromatic carbocycles. The summed E-state index contributed by atoms with van der Waals surface area (Å²) in [4.78, 5) is 0. The van der Waals surface area contributed by atoms with Crippen molar-refractivity contribution in [3.63, 3.8) is 0 Å². The zero-order valence-corrected chi connectivity index (χ0v) is 12.2. The molecular weight excluding hydrogens is 316 g/mol. The molecule has 4 nitrogen and oxygen atoms in total. The summed E-state index contributed by atoms with van der Waals surface area (Å²) in [7, 11) is 0. The number of benzene rings is 1. The largest absolute Gasteiger partial charge is 0.308 e. The second kappa shape index (κ2) is 4.64. The lowest BCUT2D eigenvalue weighted by Gasteiger charge is -2.22. The molecule has 0 saturated carbocycles. The third-order valence-corrected chi connectivity index (χ3v) is 3.93. The van der Waals surface area contributed by atoms with Gasteiger partial charge in [-0.15, -0.1) is 10.2 Å². The molecule has 1 unspecified atom stereocenters. The maximum absolute atomic E-state index is 6.27. The molecule has 2 aromatic rings. The lowest BCUT2D eigenvalue weighted by atomic mass is 10.2. The van der Waals surface area contributed by atoms with Gasteiger partial charge in [0.1, 0.15) is 5.82 Å². The highest BCUT2D eigenvalue weighted by molar-refractivity contribution is 9.10. The Hall–Kier alpha value is -0.910. The van der Waals surface area contributed by atoms with E-state index in [2.05, 4.69) is 42.9 Å². The van der Waals surface area contributed by atoms with E-state index in [-0.39, 0.29) is 6.04 Å². The minimum absolute atomic E-state index is 0.231. The number of nitrogens with zero attached hydrogens (tertiary/aromatic N) is 3. The van der Waals surface area contributed by atoms with Gasteiger partial charge >= 0.3 is 0 Å². The first-order valence-electron chi connectivity index (χ1n) is 5.78. The minimum Gasteiger partial charge on any atom is -0.308 e. The summed E-state index contributed by atoms with van der Waals surface area (Å²) in [6.07, 6.45) is 0. The molecule has 0 radical (unpaired) electrons. The molecule has 0 aliphatic carbocycles. The van der Waals surface area contributed by atoms with E-state index < -0.39 is 0 Å². The fourth-order valence-corrected chi connectivity index (χ4v) is 2.97. The molecule has 1 aliphatic heterocycles. The standard InChI is InChI=1S/C12H12BrClN4/c1-7-11-16-17-12(18(11)5-4-15-7)9-3-2-8(13)6-10(9)14/h2-3,6-7,15H,4-5H2,1H3. The van der Waals surface area contributed by atoms with Crippen LogP contribution in [0.4, 0.5) is 0 Å². The van der Waals surface area contributed by atoms with E-state index in [9.17, 15) is 0 Å². The van der Waals surface area contributed by atoms with E-state index in [4.69, 9.17) is 11.6 Å². The van der Waals surface area contributed by atoms with Gasteiger partial charge < -0.3 is 9.88 Å². The second-order valence-corrected chi connectivity index (χ2v) is 5.66. The van der Waals surface area contributed by atoms with Gasteiger partial charge in [0, 0.05) is 23.1 Å². The van der Waals surface area contributed by atoms with E-state index >= 15 is 0 Å². The quantitative estimate of drug-likeness (QED) is 0.875. The zero-order chi connectivity index (χ0) is 12.7. The monoisotopic (exact) mass is 326 g/mol. The first-order valence-corrected chi connectivity index (χ1v) is 6.96. The highest BCUT2D eigenvalue weighted by atomic mass is 79.9. The molecule has 0 spiro atoms. The molecule has 2 heterocycles. The van der Waals surface area contributed by atoms with Crippen LogP contribution in [0.25, 0.3) is 11.4 Å². The minimum atomic E-state index is 0.231.